The van der Waals surface area contributed by atoms with Crippen LogP contribution in [0.3, 0.4) is 0 Å². The Hall–Kier alpha value is -1.09. The lowest BCUT2D eigenvalue weighted by Crippen LogP contribution is -2.11. The first kappa shape index (κ1) is 9.00. The van der Waals surface area contributed by atoms with Gasteiger partial charge in [-0.1, -0.05) is 0 Å². The molecule has 0 aromatic carbocycles. The summed E-state index contributed by atoms with van der Waals surface area (Å²) >= 11 is 0. The van der Waals surface area contributed by atoms with Gasteiger partial charge in [0.1, 0.15) is 0 Å². The summed E-state index contributed by atoms with van der Waals surface area (Å²) in [6.07, 6.45) is 1.83. The number of nitrogens with two attached hydrogens (primary N) is 1. The average molecular weight is 165 g/mol. The van der Waals surface area contributed by atoms with E-state index in [0.717, 1.165) is 11.4 Å². The van der Waals surface area contributed by atoms with E-state index in [1.807, 2.05) is 44.2 Å². The smallest absolute Gasteiger partial charge is 0.0569 e. The summed E-state index contributed by atoms with van der Waals surface area (Å²) in [5.74, 6) is 0. The van der Waals surface area contributed by atoms with Crippen molar-refractivity contribution in [1.82, 2.24) is 4.98 Å². The van der Waals surface area contributed by atoms with Gasteiger partial charge in [0.25, 0.3) is 0 Å². The predicted molar refractivity (Wildman–Crippen MR) is 51.2 cm³/mol. The molecule has 3 nitrogen and oxygen atoms in total. The van der Waals surface area contributed by atoms with E-state index in [-0.39, 0.29) is 6.04 Å². The third-order valence-electron chi connectivity index (χ3n) is 1.75. The molecule has 1 unspecified atom stereocenters. The fourth-order valence-electron chi connectivity index (χ4n) is 0.931. The summed E-state index contributed by atoms with van der Waals surface area (Å²) in [6.45, 7) is 1.93. The van der Waals surface area contributed by atoms with Gasteiger partial charge in [0.05, 0.1) is 17.6 Å². The second kappa shape index (κ2) is 3.54. The maximum absolute atomic E-state index is 5.66. The van der Waals surface area contributed by atoms with Crippen molar-refractivity contribution in [3.63, 3.8) is 0 Å². The topological polar surface area (TPSA) is 42.1 Å². The van der Waals surface area contributed by atoms with Crippen LogP contribution in [0.4, 0.5) is 5.69 Å². The molecule has 0 fully saturated rings. The van der Waals surface area contributed by atoms with E-state index in [1.165, 1.54) is 0 Å². The zero-order chi connectivity index (χ0) is 9.14. The van der Waals surface area contributed by atoms with Crippen molar-refractivity contribution in [3.05, 3.63) is 24.0 Å². The van der Waals surface area contributed by atoms with Crippen LogP contribution < -0.4 is 10.6 Å². The summed E-state index contributed by atoms with van der Waals surface area (Å²) in [5.41, 5.74) is 7.69. The van der Waals surface area contributed by atoms with Gasteiger partial charge in [0, 0.05) is 20.1 Å². The zero-order valence-corrected chi connectivity index (χ0v) is 7.78. The van der Waals surface area contributed by atoms with Gasteiger partial charge in [-0.2, -0.15) is 0 Å². The van der Waals surface area contributed by atoms with Gasteiger partial charge in [-0.3, -0.25) is 4.98 Å². The zero-order valence-electron chi connectivity index (χ0n) is 7.78. The quantitative estimate of drug-likeness (QED) is 0.715. The van der Waals surface area contributed by atoms with Gasteiger partial charge in [-0.05, 0) is 19.1 Å². The van der Waals surface area contributed by atoms with Crippen LogP contribution >= 0.6 is 0 Å². The molecule has 0 aliphatic heterocycles. The number of anilines is 1. The van der Waals surface area contributed by atoms with Crippen LogP contribution in [0.2, 0.25) is 0 Å². The molecular weight excluding hydrogens is 150 g/mol. The lowest BCUT2D eigenvalue weighted by molar-refractivity contribution is 0.780. The number of rotatable bonds is 2. The van der Waals surface area contributed by atoms with E-state index in [9.17, 15) is 0 Å². The lowest BCUT2D eigenvalue weighted by atomic mass is 10.2. The van der Waals surface area contributed by atoms with Crippen molar-refractivity contribution in [3.8, 4) is 0 Å². The molecule has 3 heteroatoms. The monoisotopic (exact) mass is 165 g/mol. The second-order valence-corrected chi connectivity index (χ2v) is 3.12. The molecule has 0 amide bonds. The van der Waals surface area contributed by atoms with Gasteiger partial charge in [0.2, 0.25) is 0 Å². The SMILES string of the molecule is CC(N)c1ccc(N(C)C)cn1. The molecule has 0 aliphatic carbocycles. The first-order chi connectivity index (χ1) is 5.61. The highest BCUT2D eigenvalue weighted by molar-refractivity contribution is 5.42. The molecule has 0 radical (unpaired) electrons. The summed E-state index contributed by atoms with van der Waals surface area (Å²) in [5, 5.41) is 0. The minimum atomic E-state index is 0.0150. The fraction of sp³-hybridized carbons (Fsp3) is 0.444. The molecule has 0 spiro atoms. The number of hydrogen-bond donors (Lipinski definition) is 1. The number of nitrogens with zero attached hydrogens (tertiary/aromatic N) is 2. The summed E-state index contributed by atoms with van der Waals surface area (Å²) < 4.78 is 0. The van der Waals surface area contributed by atoms with Crippen LogP contribution in [0.5, 0.6) is 0 Å². The minimum absolute atomic E-state index is 0.0150. The summed E-state index contributed by atoms with van der Waals surface area (Å²) in [4.78, 5) is 6.24. The van der Waals surface area contributed by atoms with E-state index in [4.69, 9.17) is 5.73 Å². The highest BCUT2D eigenvalue weighted by Crippen LogP contribution is 2.12. The molecule has 1 aromatic rings. The highest BCUT2D eigenvalue weighted by Gasteiger charge is 2.00. The van der Waals surface area contributed by atoms with Gasteiger partial charge in [-0.25, -0.2) is 0 Å². The van der Waals surface area contributed by atoms with E-state index in [1.54, 1.807) is 0 Å². The van der Waals surface area contributed by atoms with E-state index in [0.29, 0.717) is 0 Å². The Morgan fingerprint density at radius 2 is 2.08 bits per heavy atom. The van der Waals surface area contributed by atoms with Gasteiger partial charge < -0.3 is 10.6 Å². The standard InChI is InChI=1S/C9H15N3/c1-7(10)9-5-4-8(6-11-9)12(2)3/h4-7H,10H2,1-3H3. The van der Waals surface area contributed by atoms with Crippen molar-refractivity contribution >= 4 is 5.69 Å². The maximum Gasteiger partial charge on any atom is 0.0569 e. The van der Waals surface area contributed by atoms with Crippen LogP contribution in [-0.4, -0.2) is 19.1 Å². The molecule has 0 saturated carbocycles. The Bertz CT molecular complexity index is 211. The van der Waals surface area contributed by atoms with Crippen LogP contribution in [0, 0.1) is 0 Å². The van der Waals surface area contributed by atoms with Crippen LogP contribution in [0.1, 0.15) is 18.7 Å². The summed E-state index contributed by atoms with van der Waals surface area (Å²) in [6, 6.07) is 3.99. The second-order valence-electron chi connectivity index (χ2n) is 3.12. The van der Waals surface area contributed by atoms with Crippen LogP contribution in [0.15, 0.2) is 18.3 Å². The molecule has 0 bridgehead atoms. The third-order valence-corrected chi connectivity index (χ3v) is 1.75. The Labute approximate surface area is 73.2 Å². The van der Waals surface area contributed by atoms with Gasteiger partial charge >= 0.3 is 0 Å². The van der Waals surface area contributed by atoms with Crippen LogP contribution in [0.25, 0.3) is 0 Å². The van der Waals surface area contributed by atoms with Crippen molar-refractivity contribution in [2.24, 2.45) is 5.73 Å². The molecule has 1 aromatic heterocycles. The first-order valence-corrected chi connectivity index (χ1v) is 4.00. The molecule has 12 heavy (non-hydrogen) atoms. The summed E-state index contributed by atoms with van der Waals surface area (Å²) in [7, 11) is 3.98. The molecule has 0 aliphatic rings. The number of aromatic nitrogens is 1. The first-order valence-electron chi connectivity index (χ1n) is 4.00. The van der Waals surface area contributed by atoms with Crippen LogP contribution in [-0.2, 0) is 0 Å². The molecule has 0 saturated heterocycles. The van der Waals surface area contributed by atoms with Gasteiger partial charge in [-0.15, -0.1) is 0 Å². The molecular formula is C9H15N3. The fourth-order valence-corrected chi connectivity index (χ4v) is 0.931. The number of pyridine rings is 1. The lowest BCUT2D eigenvalue weighted by Gasteiger charge is -2.12. The molecule has 1 heterocycles. The third kappa shape index (κ3) is 1.95. The Kier molecular flexibility index (Phi) is 2.65. The maximum atomic E-state index is 5.66. The van der Waals surface area contributed by atoms with Gasteiger partial charge in [0.15, 0.2) is 0 Å². The minimum Gasteiger partial charge on any atom is -0.376 e. The largest absolute Gasteiger partial charge is 0.376 e. The number of hydrogen-bond acceptors (Lipinski definition) is 3. The highest BCUT2D eigenvalue weighted by atomic mass is 15.1. The van der Waals surface area contributed by atoms with Crippen molar-refractivity contribution in [2.75, 3.05) is 19.0 Å². The predicted octanol–water partition coefficient (Wildman–Crippen LogP) is 1.17. The molecule has 1 atom stereocenters. The van der Waals surface area contributed by atoms with E-state index >= 15 is 0 Å². The normalized spacial score (nSPS) is 12.7. The molecule has 2 N–H and O–H groups in total. The van der Waals surface area contributed by atoms with Crippen molar-refractivity contribution in [1.29, 1.82) is 0 Å². The van der Waals surface area contributed by atoms with E-state index in [2.05, 4.69) is 4.98 Å². The van der Waals surface area contributed by atoms with E-state index < -0.39 is 0 Å². The van der Waals surface area contributed by atoms with Crippen molar-refractivity contribution in [2.45, 2.75) is 13.0 Å². The van der Waals surface area contributed by atoms with Crippen molar-refractivity contribution < 1.29 is 0 Å². The average Bonchev–Trinajstić information content (AvgIpc) is 2.04. The Morgan fingerprint density at radius 1 is 1.42 bits per heavy atom. The molecule has 1 rings (SSSR count). The Morgan fingerprint density at radius 3 is 2.42 bits per heavy atom. The Balaban J connectivity index is 2.86. The molecule has 66 valence electrons.